The Morgan fingerprint density at radius 3 is 2.36 bits per heavy atom. The maximum absolute atomic E-state index is 13.6. The van der Waals surface area contributed by atoms with E-state index >= 15 is 0 Å². The molecule has 114 valence electrons. The fourth-order valence-corrected chi connectivity index (χ4v) is 2.28. The number of para-hydroxylation sites is 1. The Kier molecular flexibility index (Phi) is 3.27. The first-order chi connectivity index (χ1) is 10.4. The largest absolute Gasteiger partial charge is 0.416 e. The topological polar surface area (TPSA) is 37.8 Å². The predicted octanol–water partition coefficient (Wildman–Crippen LogP) is 3.54. The summed E-state index contributed by atoms with van der Waals surface area (Å²) in [6, 6.07) is 8.77. The first-order valence-corrected chi connectivity index (χ1v) is 6.39. The Morgan fingerprint density at radius 1 is 1.05 bits per heavy atom. The van der Waals surface area contributed by atoms with Gasteiger partial charge in [0.1, 0.15) is 11.3 Å². The van der Waals surface area contributed by atoms with Crippen molar-refractivity contribution in [1.29, 1.82) is 0 Å². The zero-order valence-corrected chi connectivity index (χ0v) is 11.1. The van der Waals surface area contributed by atoms with Gasteiger partial charge in [0, 0.05) is 0 Å². The first-order valence-electron chi connectivity index (χ1n) is 6.39. The molecule has 7 heteroatoms. The van der Waals surface area contributed by atoms with E-state index in [9.17, 15) is 22.4 Å². The van der Waals surface area contributed by atoms with Crippen LogP contribution < -0.4 is 5.69 Å². The molecule has 0 radical (unpaired) electrons. The minimum atomic E-state index is -4.40. The number of aromatic amines is 1. The number of alkyl halides is 3. The highest BCUT2D eigenvalue weighted by Crippen LogP contribution is 2.29. The molecule has 0 amide bonds. The summed E-state index contributed by atoms with van der Waals surface area (Å²) in [5, 5.41) is 0. The number of imidazole rings is 1. The molecule has 0 fully saturated rings. The van der Waals surface area contributed by atoms with Crippen LogP contribution in [0.4, 0.5) is 17.6 Å². The van der Waals surface area contributed by atoms with Crippen molar-refractivity contribution < 1.29 is 17.6 Å². The zero-order valence-electron chi connectivity index (χ0n) is 11.1. The molecule has 0 saturated heterocycles. The van der Waals surface area contributed by atoms with Gasteiger partial charge in [0.15, 0.2) is 0 Å². The lowest BCUT2D eigenvalue weighted by atomic mass is 10.1. The molecule has 0 aliphatic rings. The van der Waals surface area contributed by atoms with Crippen molar-refractivity contribution in [3.05, 3.63) is 69.9 Å². The average Bonchev–Trinajstić information content (AvgIpc) is 2.77. The van der Waals surface area contributed by atoms with Crippen molar-refractivity contribution in [2.24, 2.45) is 0 Å². The number of fused-ring (bicyclic) bond motifs is 1. The van der Waals surface area contributed by atoms with Crippen molar-refractivity contribution in [1.82, 2.24) is 9.55 Å². The summed E-state index contributed by atoms with van der Waals surface area (Å²) in [5.41, 5.74) is -0.307. The number of aromatic nitrogens is 2. The number of halogens is 4. The molecule has 0 atom stereocenters. The van der Waals surface area contributed by atoms with Crippen LogP contribution in [0.2, 0.25) is 0 Å². The fraction of sp³-hybridized carbons (Fsp3) is 0.133. The van der Waals surface area contributed by atoms with Crippen molar-refractivity contribution in [2.75, 3.05) is 0 Å². The minimum absolute atomic E-state index is 0.0560. The van der Waals surface area contributed by atoms with Crippen LogP contribution in [0.5, 0.6) is 0 Å². The molecule has 1 heterocycles. The van der Waals surface area contributed by atoms with E-state index in [4.69, 9.17) is 0 Å². The fourth-order valence-electron chi connectivity index (χ4n) is 2.28. The van der Waals surface area contributed by atoms with E-state index in [1.165, 1.54) is 28.8 Å². The minimum Gasteiger partial charge on any atom is -0.303 e. The van der Waals surface area contributed by atoms with Gasteiger partial charge in [-0.1, -0.05) is 18.2 Å². The van der Waals surface area contributed by atoms with E-state index in [0.717, 1.165) is 12.1 Å². The summed E-state index contributed by atoms with van der Waals surface area (Å²) in [6.45, 7) is 0.0560. The van der Waals surface area contributed by atoms with Crippen molar-refractivity contribution in [3.8, 4) is 0 Å². The van der Waals surface area contributed by atoms with Gasteiger partial charge in [0.2, 0.25) is 0 Å². The van der Waals surface area contributed by atoms with Gasteiger partial charge in [-0.15, -0.1) is 0 Å². The van der Waals surface area contributed by atoms with Gasteiger partial charge in [0.05, 0.1) is 17.6 Å². The third-order valence-corrected chi connectivity index (χ3v) is 3.38. The second-order valence-electron chi connectivity index (χ2n) is 4.84. The van der Waals surface area contributed by atoms with Crippen molar-refractivity contribution >= 4 is 11.0 Å². The second kappa shape index (κ2) is 5.01. The molecule has 0 bridgehead atoms. The number of hydrogen-bond donors (Lipinski definition) is 1. The Balaban J connectivity index is 1.99. The predicted molar refractivity (Wildman–Crippen MR) is 73.1 cm³/mol. The van der Waals surface area contributed by atoms with Gasteiger partial charge in [-0.3, -0.25) is 4.57 Å². The van der Waals surface area contributed by atoms with Crippen LogP contribution in [0.15, 0.2) is 47.3 Å². The molecule has 0 aliphatic carbocycles. The lowest BCUT2D eigenvalue weighted by molar-refractivity contribution is -0.137. The van der Waals surface area contributed by atoms with Crippen LogP contribution >= 0.6 is 0 Å². The summed E-state index contributed by atoms with van der Waals surface area (Å²) >= 11 is 0. The molecule has 3 rings (SSSR count). The number of nitrogens with zero attached hydrogens (tertiary/aromatic N) is 1. The maximum atomic E-state index is 13.6. The van der Waals surface area contributed by atoms with E-state index in [1.807, 2.05) is 0 Å². The van der Waals surface area contributed by atoms with Gasteiger partial charge >= 0.3 is 11.9 Å². The third-order valence-electron chi connectivity index (χ3n) is 3.38. The number of hydrogen-bond acceptors (Lipinski definition) is 1. The molecule has 2 aromatic carbocycles. The van der Waals surface area contributed by atoms with Crippen molar-refractivity contribution in [2.45, 2.75) is 12.7 Å². The van der Waals surface area contributed by atoms with Gasteiger partial charge in [-0.05, 0) is 29.8 Å². The molecule has 0 saturated carbocycles. The average molecular weight is 310 g/mol. The first kappa shape index (κ1) is 14.4. The Labute approximate surface area is 121 Å². The molecule has 3 nitrogen and oxygen atoms in total. The summed E-state index contributed by atoms with van der Waals surface area (Å²) in [4.78, 5) is 14.3. The molecule has 0 spiro atoms. The lowest BCUT2D eigenvalue weighted by Crippen LogP contribution is -2.17. The maximum Gasteiger partial charge on any atom is 0.416 e. The van der Waals surface area contributed by atoms with Crippen LogP contribution in [-0.2, 0) is 12.7 Å². The number of H-pyrrole nitrogens is 1. The Morgan fingerprint density at radius 2 is 1.73 bits per heavy atom. The SMILES string of the molecule is O=c1[nH]c2c(F)cccc2n1Cc1ccc(C(F)(F)F)cc1. The van der Waals surface area contributed by atoms with Gasteiger partial charge < -0.3 is 4.98 Å². The second-order valence-corrected chi connectivity index (χ2v) is 4.84. The molecule has 0 aliphatic heterocycles. The quantitative estimate of drug-likeness (QED) is 0.722. The molecular weight excluding hydrogens is 300 g/mol. The Hall–Kier alpha value is -2.57. The van der Waals surface area contributed by atoms with E-state index < -0.39 is 23.2 Å². The smallest absolute Gasteiger partial charge is 0.303 e. The standard InChI is InChI=1S/C15H10F4N2O/c16-11-2-1-3-12-13(11)20-14(22)21(12)8-9-4-6-10(7-5-9)15(17,18)19/h1-7H,8H2,(H,20,22). The van der Waals surface area contributed by atoms with Crippen LogP contribution in [0.25, 0.3) is 11.0 Å². The number of rotatable bonds is 2. The number of benzene rings is 2. The summed E-state index contributed by atoms with van der Waals surface area (Å²) in [7, 11) is 0. The van der Waals surface area contributed by atoms with E-state index in [1.54, 1.807) is 6.07 Å². The Bertz CT molecular complexity index is 875. The molecule has 1 aromatic heterocycles. The van der Waals surface area contributed by atoms with E-state index in [0.29, 0.717) is 11.1 Å². The molecule has 0 unspecified atom stereocenters. The van der Waals surface area contributed by atoms with Crippen LogP contribution in [0.3, 0.4) is 0 Å². The summed E-state index contributed by atoms with van der Waals surface area (Å²) in [5.74, 6) is -0.555. The van der Waals surface area contributed by atoms with Crippen LogP contribution in [-0.4, -0.2) is 9.55 Å². The molecule has 22 heavy (non-hydrogen) atoms. The van der Waals surface area contributed by atoms with E-state index in [2.05, 4.69) is 4.98 Å². The van der Waals surface area contributed by atoms with Crippen LogP contribution in [0, 0.1) is 5.82 Å². The lowest BCUT2D eigenvalue weighted by Gasteiger charge is -2.08. The highest BCUT2D eigenvalue weighted by molar-refractivity contribution is 5.75. The van der Waals surface area contributed by atoms with Gasteiger partial charge in [-0.25, -0.2) is 9.18 Å². The normalized spacial score (nSPS) is 12.0. The van der Waals surface area contributed by atoms with Crippen LogP contribution in [0.1, 0.15) is 11.1 Å². The molecule has 3 aromatic rings. The highest BCUT2D eigenvalue weighted by Gasteiger charge is 2.29. The van der Waals surface area contributed by atoms with Gasteiger partial charge in [0.25, 0.3) is 0 Å². The van der Waals surface area contributed by atoms with Gasteiger partial charge in [-0.2, -0.15) is 13.2 Å². The zero-order chi connectivity index (χ0) is 15.9. The highest BCUT2D eigenvalue weighted by atomic mass is 19.4. The van der Waals surface area contributed by atoms with Crippen molar-refractivity contribution in [3.63, 3.8) is 0 Å². The molecule has 1 N–H and O–H groups in total. The summed E-state index contributed by atoms with van der Waals surface area (Å²) in [6.07, 6.45) is -4.40. The monoisotopic (exact) mass is 310 g/mol. The van der Waals surface area contributed by atoms with E-state index in [-0.39, 0.29) is 12.1 Å². The third kappa shape index (κ3) is 2.49. The number of nitrogens with one attached hydrogen (secondary N) is 1. The molecular formula is C15H10F4N2O. The summed E-state index contributed by atoms with van der Waals surface area (Å²) < 4.78 is 52.4.